The van der Waals surface area contributed by atoms with E-state index < -0.39 is 11.7 Å². The van der Waals surface area contributed by atoms with E-state index >= 15 is 0 Å². The molecule has 0 amide bonds. The molecule has 29 heavy (non-hydrogen) atoms. The standard InChI is InChI=1S/C22H31F3N4/c1-26-20(27-13-16-8-11-29(14-16)19-6-7-19)28-15-21(9-3-10-21)17-4-2-5-18(12-17)22(23,24)25/h2,4-5,12,16,19H,3,6-11,13-15H2,1H3,(H2,26,27,28). The molecule has 4 nitrogen and oxygen atoms in total. The first-order valence-corrected chi connectivity index (χ1v) is 10.8. The number of hydrogen-bond acceptors (Lipinski definition) is 2. The molecule has 1 atom stereocenters. The van der Waals surface area contributed by atoms with Crippen molar-refractivity contribution in [3.8, 4) is 0 Å². The van der Waals surface area contributed by atoms with Crippen LogP contribution in [0.25, 0.3) is 0 Å². The van der Waals surface area contributed by atoms with Crippen molar-refractivity contribution in [2.45, 2.75) is 56.2 Å². The van der Waals surface area contributed by atoms with Gasteiger partial charge in [0.25, 0.3) is 0 Å². The Morgan fingerprint density at radius 2 is 2.00 bits per heavy atom. The second-order valence-electron chi connectivity index (χ2n) is 8.90. The van der Waals surface area contributed by atoms with Crippen molar-refractivity contribution in [2.75, 3.05) is 33.2 Å². The van der Waals surface area contributed by atoms with Crippen LogP contribution in [0.2, 0.25) is 0 Å². The summed E-state index contributed by atoms with van der Waals surface area (Å²) in [5.41, 5.74) is -0.0303. The summed E-state index contributed by atoms with van der Waals surface area (Å²) in [6.07, 6.45) is 2.45. The summed E-state index contributed by atoms with van der Waals surface area (Å²) >= 11 is 0. The molecule has 2 N–H and O–H groups in total. The molecule has 1 aromatic rings. The Balaban J connectivity index is 1.32. The van der Waals surface area contributed by atoms with Gasteiger partial charge in [-0.1, -0.05) is 24.6 Å². The topological polar surface area (TPSA) is 39.7 Å². The van der Waals surface area contributed by atoms with Crippen molar-refractivity contribution in [3.05, 3.63) is 35.4 Å². The first-order valence-electron chi connectivity index (χ1n) is 10.8. The van der Waals surface area contributed by atoms with Gasteiger partial charge in [0.15, 0.2) is 5.96 Å². The van der Waals surface area contributed by atoms with Gasteiger partial charge in [-0.05, 0) is 56.2 Å². The molecule has 1 unspecified atom stereocenters. The van der Waals surface area contributed by atoms with Crippen LogP contribution >= 0.6 is 0 Å². The lowest BCUT2D eigenvalue weighted by molar-refractivity contribution is -0.137. The van der Waals surface area contributed by atoms with Crippen LogP contribution in [0.15, 0.2) is 29.3 Å². The maximum absolute atomic E-state index is 13.1. The van der Waals surface area contributed by atoms with Crippen molar-refractivity contribution in [1.29, 1.82) is 0 Å². The molecular formula is C22H31F3N4. The summed E-state index contributed by atoms with van der Waals surface area (Å²) < 4.78 is 39.4. The van der Waals surface area contributed by atoms with Crippen molar-refractivity contribution >= 4 is 5.96 Å². The molecule has 1 aromatic carbocycles. The lowest BCUT2D eigenvalue weighted by atomic mass is 9.64. The first kappa shape index (κ1) is 20.5. The number of benzene rings is 1. The Morgan fingerprint density at radius 1 is 1.21 bits per heavy atom. The van der Waals surface area contributed by atoms with Gasteiger partial charge in [-0.15, -0.1) is 0 Å². The van der Waals surface area contributed by atoms with Gasteiger partial charge in [-0.25, -0.2) is 0 Å². The Morgan fingerprint density at radius 3 is 2.62 bits per heavy atom. The third-order valence-electron chi connectivity index (χ3n) is 6.87. The van der Waals surface area contributed by atoms with Crippen molar-refractivity contribution in [2.24, 2.45) is 10.9 Å². The fourth-order valence-electron chi connectivity index (χ4n) is 4.71. The minimum Gasteiger partial charge on any atom is -0.356 e. The van der Waals surface area contributed by atoms with Crippen LogP contribution in [-0.4, -0.2) is 50.1 Å². The van der Waals surface area contributed by atoms with E-state index in [9.17, 15) is 13.2 Å². The summed E-state index contributed by atoms with van der Waals surface area (Å²) in [4.78, 5) is 6.93. The van der Waals surface area contributed by atoms with E-state index in [4.69, 9.17) is 0 Å². The normalized spacial score (nSPS) is 25.0. The third kappa shape index (κ3) is 4.71. The number of likely N-dealkylation sites (tertiary alicyclic amines) is 1. The summed E-state index contributed by atoms with van der Waals surface area (Å²) in [5, 5.41) is 6.81. The van der Waals surface area contributed by atoms with Gasteiger partial charge in [0.05, 0.1) is 5.56 Å². The largest absolute Gasteiger partial charge is 0.416 e. The second-order valence-corrected chi connectivity index (χ2v) is 8.90. The van der Waals surface area contributed by atoms with E-state index in [1.165, 1.54) is 37.9 Å². The van der Waals surface area contributed by atoms with Crippen LogP contribution in [0, 0.1) is 5.92 Å². The zero-order chi connectivity index (χ0) is 20.5. The van der Waals surface area contributed by atoms with Gasteiger partial charge in [-0.3, -0.25) is 4.99 Å². The Bertz CT molecular complexity index is 738. The number of hydrogen-bond donors (Lipinski definition) is 2. The average molecular weight is 409 g/mol. The number of guanidine groups is 1. The molecule has 2 aliphatic carbocycles. The molecule has 0 radical (unpaired) electrons. The Hall–Kier alpha value is -1.76. The highest BCUT2D eigenvalue weighted by molar-refractivity contribution is 5.79. The molecule has 1 saturated heterocycles. The van der Waals surface area contributed by atoms with Crippen LogP contribution < -0.4 is 10.6 Å². The molecular weight excluding hydrogens is 377 g/mol. The maximum atomic E-state index is 13.1. The molecule has 4 rings (SSSR count). The number of nitrogens with one attached hydrogen (secondary N) is 2. The molecule has 3 aliphatic rings. The SMILES string of the molecule is CN=C(NCC1CCN(C2CC2)C1)NCC1(c2cccc(C(F)(F)F)c2)CCC1. The van der Waals surface area contributed by atoms with E-state index in [1.54, 1.807) is 7.05 Å². The molecule has 0 spiro atoms. The number of aliphatic imine (C=N–C) groups is 1. The lowest BCUT2D eigenvalue weighted by Gasteiger charge is -2.43. The van der Waals surface area contributed by atoms with Gasteiger partial charge in [0.2, 0.25) is 0 Å². The van der Waals surface area contributed by atoms with Crippen LogP contribution in [0.1, 0.15) is 49.7 Å². The number of alkyl halides is 3. The van der Waals surface area contributed by atoms with Gasteiger partial charge in [-0.2, -0.15) is 13.2 Å². The second kappa shape index (κ2) is 8.17. The van der Waals surface area contributed by atoms with Gasteiger partial charge in [0, 0.05) is 38.1 Å². The van der Waals surface area contributed by atoms with Crippen LogP contribution in [0.3, 0.4) is 0 Å². The highest BCUT2D eigenvalue weighted by Gasteiger charge is 2.40. The minimum atomic E-state index is -4.30. The summed E-state index contributed by atoms with van der Waals surface area (Å²) in [6, 6.07) is 6.65. The van der Waals surface area contributed by atoms with Crippen LogP contribution in [-0.2, 0) is 11.6 Å². The van der Waals surface area contributed by atoms with Crippen molar-refractivity contribution in [1.82, 2.24) is 15.5 Å². The molecule has 1 heterocycles. The summed E-state index contributed by atoms with van der Waals surface area (Å²) in [5.74, 6) is 1.38. The average Bonchev–Trinajstić information content (AvgIpc) is 3.41. The third-order valence-corrected chi connectivity index (χ3v) is 6.87. The van der Waals surface area contributed by atoms with E-state index in [-0.39, 0.29) is 5.41 Å². The molecule has 0 aromatic heterocycles. The molecule has 160 valence electrons. The van der Waals surface area contributed by atoms with Gasteiger partial charge in [0.1, 0.15) is 0 Å². The minimum absolute atomic E-state index is 0.241. The smallest absolute Gasteiger partial charge is 0.356 e. The fraction of sp³-hybridized carbons (Fsp3) is 0.682. The predicted molar refractivity (Wildman–Crippen MR) is 109 cm³/mol. The zero-order valence-corrected chi connectivity index (χ0v) is 17.1. The number of nitrogens with zero attached hydrogens (tertiary/aromatic N) is 2. The first-order chi connectivity index (χ1) is 13.9. The Labute approximate surface area is 171 Å². The highest BCUT2D eigenvalue weighted by atomic mass is 19.4. The zero-order valence-electron chi connectivity index (χ0n) is 17.1. The van der Waals surface area contributed by atoms with Crippen molar-refractivity contribution in [3.63, 3.8) is 0 Å². The van der Waals surface area contributed by atoms with Gasteiger partial charge < -0.3 is 15.5 Å². The van der Waals surface area contributed by atoms with Crippen LogP contribution in [0.5, 0.6) is 0 Å². The van der Waals surface area contributed by atoms with E-state index in [0.717, 1.165) is 56.0 Å². The predicted octanol–water partition coefficient (Wildman–Crippen LogP) is 3.78. The van der Waals surface area contributed by atoms with E-state index in [2.05, 4.69) is 20.5 Å². The van der Waals surface area contributed by atoms with E-state index in [1.807, 2.05) is 6.07 Å². The molecule has 0 bridgehead atoms. The monoisotopic (exact) mass is 408 g/mol. The fourth-order valence-corrected chi connectivity index (χ4v) is 4.71. The number of halogens is 3. The highest BCUT2D eigenvalue weighted by Crippen LogP contribution is 2.44. The number of rotatable bonds is 6. The molecule has 3 fully saturated rings. The molecule has 2 saturated carbocycles. The molecule has 7 heteroatoms. The Kier molecular flexibility index (Phi) is 5.78. The van der Waals surface area contributed by atoms with Crippen LogP contribution in [0.4, 0.5) is 13.2 Å². The quantitative estimate of drug-likeness (QED) is 0.556. The molecule has 1 aliphatic heterocycles. The summed E-state index contributed by atoms with van der Waals surface area (Å²) in [7, 11) is 1.75. The lowest BCUT2D eigenvalue weighted by Crippen LogP contribution is -2.49. The van der Waals surface area contributed by atoms with Gasteiger partial charge >= 0.3 is 6.18 Å². The van der Waals surface area contributed by atoms with Crippen molar-refractivity contribution < 1.29 is 13.2 Å². The van der Waals surface area contributed by atoms with E-state index in [0.29, 0.717) is 12.5 Å². The maximum Gasteiger partial charge on any atom is 0.416 e. The summed E-state index contributed by atoms with van der Waals surface area (Å²) in [6.45, 7) is 3.84.